The van der Waals surface area contributed by atoms with Crippen LogP contribution >= 0.6 is 0 Å². The van der Waals surface area contributed by atoms with Crippen LogP contribution in [0.3, 0.4) is 0 Å². The average molecular weight is 224 g/mol. The van der Waals surface area contributed by atoms with Crippen molar-refractivity contribution in [2.75, 3.05) is 24.2 Å². The highest BCUT2D eigenvalue weighted by atomic mass is 19.1. The summed E-state index contributed by atoms with van der Waals surface area (Å²) < 4.78 is 13.3. The molecule has 1 aromatic rings. The van der Waals surface area contributed by atoms with E-state index in [9.17, 15) is 4.39 Å². The Morgan fingerprint density at radius 3 is 2.44 bits per heavy atom. The molecule has 16 heavy (non-hydrogen) atoms. The molecule has 0 unspecified atom stereocenters. The third-order valence-electron chi connectivity index (χ3n) is 2.62. The Balaban J connectivity index is 2.66. The monoisotopic (exact) mass is 224 g/mol. The molecule has 3 heteroatoms. The van der Waals surface area contributed by atoms with E-state index >= 15 is 0 Å². The summed E-state index contributed by atoms with van der Waals surface area (Å²) in [6.45, 7) is 7.51. The average Bonchev–Trinajstić information content (AvgIpc) is 2.17. The molecule has 1 rings (SSSR count). The minimum Gasteiger partial charge on any atom is -0.396 e. The molecule has 0 amide bonds. The summed E-state index contributed by atoms with van der Waals surface area (Å²) in [6.07, 6.45) is 1.06. The van der Waals surface area contributed by atoms with Crippen LogP contribution in [0, 0.1) is 11.2 Å². The van der Waals surface area contributed by atoms with Crippen LogP contribution in [0.5, 0.6) is 0 Å². The van der Waals surface area contributed by atoms with E-state index in [1.54, 1.807) is 6.07 Å². The van der Waals surface area contributed by atoms with Crippen LogP contribution in [-0.2, 0) is 0 Å². The number of halogens is 1. The van der Waals surface area contributed by atoms with Gasteiger partial charge in [0.2, 0.25) is 0 Å². The molecule has 0 bridgehead atoms. The number of rotatable bonds is 3. The van der Waals surface area contributed by atoms with Crippen LogP contribution in [0.15, 0.2) is 18.2 Å². The fraction of sp³-hybridized carbons (Fsp3) is 0.538. The summed E-state index contributed by atoms with van der Waals surface area (Å²) in [5.74, 6) is -0.347. The summed E-state index contributed by atoms with van der Waals surface area (Å²) in [4.78, 5) is 2.05. The fourth-order valence-electron chi connectivity index (χ4n) is 1.39. The zero-order valence-electron chi connectivity index (χ0n) is 10.5. The Morgan fingerprint density at radius 2 is 1.94 bits per heavy atom. The number of hydrogen-bond acceptors (Lipinski definition) is 2. The number of nitrogen functional groups attached to an aromatic ring is 1. The maximum absolute atomic E-state index is 13.3. The smallest absolute Gasteiger partial charge is 0.148 e. The standard InChI is InChI=1S/C13H21FN2/c1-13(2,3)7-8-16(4)10-5-6-12(15)11(14)9-10/h5-6,9H,7-8,15H2,1-4H3. The third-order valence-corrected chi connectivity index (χ3v) is 2.62. The lowest BCUT2D eigenvalue weighted by molar-refractivity contribution is 0.381. The molecule has 0 aromatic heterocycles. The molecule has 0 atom stereocenters. The SMILES string of the molecule is CN(CCC(C)(C)C)c1ccc(N)c(F)c1. The maximum atomic E-state index is 13.3. The van der Waals surface area contributed by atoms with Gasteiger partial charge in [0.15, 0.2) is 0 Å². The fourth-order valence-corrected chi connectivity index (χ4v) is 1.39. The van der Waals surface area contributed by atoms with Gasteiger partial charge in [0.25, 0.3) is 0 Å². The minimum absolute atomic E-state index is 0.202. The first-order valence-corrected chi connectivity index (χ1v) is 5.56. The van der Waals surface area contributed by atoms with Gasteiger partial charge in [0, 0.05) is 19.3 Å². The van der Waals surface area contributed by atoms with Crippen molar-refractivity contribution < 1.29 is 4.39 Å². The Hall–Kier alpha value is -1.25. The highest BCUT2D eigenvalue weighted by molar-refractivity contribution is 5.53. The van der Waals surface area contributed by atoms with Crippen molar-refractivity contribution in [3.63, 3.8) is 0 Å². The molecule has 0 fully saturated rings. The largest absolute Gasteiger partial charge is 0.396 e. The summed E-state index contributed by atoms with van der Waals surface area (Å²) in [5.41, 5.74) is 6.80. The molecule has 2 nitrogen and oxygen atoms in total. The quantitative estimate of drug-likeness (QED) is 0.798. The van der Waals surface area contributed by atoms with Gasteiger partial charge < -0.3 is 10.6 Å². The van der Waals surface area contributed by atoms with E-state index in [1.165, 1.54) is 6.07 Å². The lowest BCUT2D eigenvalue weighted by Crippen LogP contribution is -2.23. The normalized spacial score (nSPS) is 11.6. The number of benzene rings is 1. The van der Waals surface area contributed by atoms with Crippen LogP contribution < -0.4 is 10.6 Å². The van der Waals surface area contributed by atoms with Gasteiger partial charge >= 0.3 is 0 Å². The van der Waals surface area contributed by atoms with Gasteiger partial charge in [0.1, 0.15) is 5.82 Å². The molecule has 0 spiro atoms. The molecule has 0 aliphatic rings. The van der Waals surface area contributed by atoms with Gasteiger partial charge in [-0.15, -0.1) is 0 Å². The molecule has 0 saturated carbocycles. The second-order valence-corrected chi connectivity index (χ2v) is 5.44. The van der Waals surface area contributed by atoms with E-state index in [0.717, 1.165) is 18.7 Å². The van der Waals surface area contributed by atoms with Gasteiger partial charge in [-0.05, 0) is 30.0 Å². The number of anilines is 2. The topological polar surface area (TPSA) is 29.3 Å². The van der Waals surface area contributed by atoms with Gasteiger partial charge in [0.05, 0.1) is 5.69 Å². The molecular formula is C13H21FN2. The Morgan fingerprint density at radius 1 is 1.31 bits per heavy atom. The lowest BCUT2D eigenvalue weighted by atomic mass is 9.92. The number of nitrogens with zero attached hydrogens (tertiary/aromatic N) is 1. The Kier molecular flexibility index (Phi) is 3.79. The van der Waals surface area contributed by atoms with E-state index in [2.05, 4.69) is 20.8 Å². The van der Waals surface area contributed by atoms with Crippen molar-refractivity contribution in [1.82, 2.24) is 0 Å². The molecule has 2 N–H and O–H groups in total. The van der Waals surface area contributed by atoms with E-state index in [-0.39, 0.29) is 11.5 Å². The minimum atomic E-state index is -0.347. The predicted molar refractivity (Wildman–Crippen MR) is 68.2 cm³/mol. The number of nitrogens with two attached hydrogens (primary N) is 1. The van der Waals surface area contributed by atoms with Crippen molar-refractivity contribution in [1.29, 1.82) is 0 Å². The molecule has 0 aliphatic carbocycles. The molecule has 0 radical (unpaired) electrons. The predicted octanol–water partition coefficient (Wildman–Crippen LogP) is 3.28. The van der Waals surface area contributed by atoms with Gasteiger partial charge in [-0.3, -0.25) is 0 Å². The first-order chi connectivity index (χ1) is 7.29. The van der Waals surface area contributed by atoms with Crippen LogP contribution in [0.4, 0.5) is 15.8 Å². The van der Waals surface area contributed by atoms with Crippen molar-refractivity contribution in [2.24, 2.45) is 5.41 Å². The van der Waals surface area contributed by atoms with Crippen LogP contribution in [0.2, 0.25) is 0 Å². The number of hydrogen-bond donors (Lipinski definition) is 1. The molecule has 0 aliphatic heterocycles. The first-order valence-electron chi connectivity index (χ1n) is 5.56. The van der Waals surface area contributed by atoms with Gasteiger partial charge in [-0.25, -0.2) is 4.39 Å². The van der Waals surface area contributed by atoms with Crippen molar-refractivity contribution in [3.8, 4) is 0 Å². The van der Waals surface area contributed by atoms with E-state index < -0.39 is 0 Å². The van der Waals surface area contributed by atoms with E-state index in [4.69, 9.17) is 5.73 Å². The van der Waals surface area contributed by atoms with Crippen molar-refractivity contribution in [2.45, 2.75) is 27.2 Å². The zero-order valence-corrected chi connectivity index (χ0v) is 10.5. The van der Waals surface area contributed by atoms with Gasteiger partial charge in [-0.2, -0.15) is 0 Å². The second kappa shape index (κ2) is 4.73. The molecular weight excluding hydrogens is 203 g/mol. The zero-order chi connectivity index (χ0) is 12.3. The maximum Gasteiger partial charge on any atom is 0.148 e. The van der Waals surface area contributed by atoms with Crippen molar-refractivity contribution in [3.05, 3.63) is 24.0 Å². The third kappa shape index (κ3) is 3.72. The molecule has 0 saturated heterocycles. The first kappa shape index (κ1) is 12.8. The van der Waals surface area contributed by atoms with Crippen LogP contribution in [0.25, 0.3) is 0 Å². The highest BCUT2D eigenvalue weighted by Gasteiger charge is 2.12. The molecule has 1 aromatic carbocycles. The Labute approximate surface area is 97.3 Å². The summed E-state index contributed by atoms with van der Waals surface area (Å²) in [7, 11) is 1.97. The Bertz CT molecular complexity index is 355. The van der Waals surface area contributed by atoms with E-state index in [0.29, 0.717) is 5.41 Å². The van der Waals surface area contributed by atoms with Crippen LogP contribution in [0.1, 0.15) is 27.2 Å². The van der Waals surface area contributed by atoms with E-state index in [1.807, 2.05) is 18.0 Å². The van der Waals surface area contributed by atoms with Crippen molar-refractivity contribution >= 4 is 11.4 Å². The van der Waals surface area contributed by atoms with Gasteiger partial charge in [-0.1, -0.05) is 20.8 Å². The summed E-state index contributed by atoms with van der Waals surface area (Å²) in [5, 5.41) is 0. The molecule has 90 valence electrons. The molecule has 0 heterocycles. The second-order valence-electron chi connectivity index (χ2n) is 5.44. The summed E-state index contributed by atoms with van der Waals surface area (Å²) in [6, 6.07) is 4.94. The highest BCUT2D eigenvalue weighted by Crippen LogP contribution is 2.23. The summed E-state index contributed by atoms with van der Waals surface area (Å²) >= 11 is 0. The lowest BCUT2D eigenvalue weighted by Gasteiger charge is -2.25. The van der Waals surface area contributed by atoms with Crippen LogP contribution in [-0.4, -0.2) is 13.6 Å².